The number of aromatic nitrogens is 1. The van der Waals surface area contributed by atoms with E-state index in [1.54, 1.807) is 7.11 Å². The maximum absolute atomic E-state index is 5.72. The molecule has 2 N–H and O–H groups in total. The largest absolute Gasteiger partial charge is 0.385 e. The molecule has 0 atom stereocenters. The Labute approximate surface area is 95.8 Å². The molecular weight excluding hydrogens is 200 g/mol. The number of aryl methyl sites for hydroxylation is 1. The number of benzene rings is 1. The molecule has 0 saturated heterocycles. The van der Waals surface area contributed by atoms with Crippen LogP contribution in [0.15, 0.2) is 30.5 Å². The second kappa shape index (κ2) is 5.14. The molecule has 1 aromatic carbocycles. The van der Waals surface area contributed by atoms with E-state index in [1.807, 2.05) is 0 Å². The van der Waals surface area contributed by atoms with Gasteiger partial charge in [0.1, 0.15) is 0 Å². The van der Waals surface area contributed by atoms with E-state index in [4.69, 9.17) is 10.5 Å². The minimum Gasteiger partial charge on any atom is -0.385 e. The number of nitrogens with two attached hydrogens (primary N) is 1. The summed E-state index contributed by atoms with van der Waals surface area (Å²) in [5.41, 5.74) is 8.19. The highest BCUT2D eigenvalue weighted by Crippen LogP contribution is 2.20. The van der Waals surface area contributed by atoms with Gasteiger partial charge in [-0.15, -0.1) is 0 Å². The Morgan fingerprint density at radius 2 is 2.19 bits per heavy atom. The van der Waals surface area contributed by atoms with Gasteiger partial charge in [-0.2, -0.15) is 0 Å². The van der Waals surface area contributed by atoms with Crippen LogP contribution in [0.5, 0.6) is 0 Å². The molecule has 86 valence electrons. The molecule has 0 spiro atoms. The summed E-state index contributed by atoms with van der Waals surface area (Å²) >= 11 is 0. The van der Waals surface area contributed by atoms with Gasteiger partial charge < -0.3 is 15.0 Å². The Morgan fingerprint density at radius 1 is 1.31 bits per heavy atom. The molecule has 0 bridgehead atoms. The molecule has 2 rings (SSSR count). The smallest absolute Gasteiger partial charge is 0.0483 e. The fourth-order valence-electron chi connectivity index (χ4n) is 2.04. The average Bonchev–Trinajstić information content (AvgIpc) is 2.73. The summed E-state index contributed by atoms with van der Waals surface area (Å²) in [6.07, 6.45) is 3.16. The van der Waals surface area contributed by atoms with Gasteiger partial charge in [-0.3, -0.25) is 0 Å². The highest BCUT2D eigenvalue weighted by molar-refractivity contribution is 5.83. The van der Waals surface area contributed by atoms with Gasteiger partial charge in [0, 0.05) is 43.9 Å². The quantitative estimate of drug-likeness (QED) is 0.781. The van der Waals surface area contributed by atoms with Crippen LogP contribution in [0.2, 0.25) is 0 Å². The molecule has 0 aliphatic carbocycles. The number of ether oxygens (including phenoxy) is 1. The van der Waals surface area contributed by atoms with E-state index in [-0.39, 0.29) is 0 Å². The molecule has 1 aromatic heterocycles. The minimum atomic E-state index is 0.597. The summed E-state index contributed by atoms with van der Waals surface area (Å²) in [6.45, 7) is 2.39. The first-order chi connectivity index (χ1) is 7.86. The Hall–Kier alpha value is -1.32. The van der Waals surface area contributed by atoms with Crippen LogP contribution in [0.3, 0.4) is 0 Å². The second-order valence-electron chi connectivity index (χ2n) is 3.91. The van der Waals surface area contributed by atoms with E-state index in [0.29, 0.717) is 6.54 Å². The molecule has 0 radical (unpaired) electrons. The molecule has 0 amide bonds. The lowest BCUT2D eigenvalue weighted by atomic mass is 10.1. The van der Waals surface area contributed by atoms with Crippen LogP contribution in [0.25, 0.3) is 10.9 Å². The van der Waals surface area contributed by atoms with Crippen molar-refractivity contribution in [2.45, 2.75) is 19.5 Å². The summed E-state index contributed by atoms with van der Waals surface area (Å²) in [5, 5.41) is 1.27. The molecule has 2 aromatic rings. The number of fused-ring (bicyclic) bond motifs is 1. The molecule has 0 aliphatic heterocycles. The van der Waals surface area contributed by atoms with Crippen LogP contribution in [-0.4, -0.2) is 18.3 Å². The molecule has 3 heteroatoms. The van der Waals surface area contributed by atoms with Crippen LogP contribution in [0.1, 0.15) is 12.0 Å². The van der Waals surface area contributed by atoms with Gasteiger partial charge in [0.05, 0.1) is 0 Å². The van der Waals surface area contributed by atoms with Gasteiger partial charge in [0.25, 0.3) is 0 Å². The number of hydrogen-bond donors (Lipinski definition) is 1. The highest BCUT2D eigenvalue weighted by atomic mass is 16.5. The Bertz CT molecular complexity index is 462. The van der Waals surface area contributed by atoms with Gasteiger partial charge in [-0.1, -0.05) is 12.1 Å². The van der Waals surface area contributed by atoms with Crippen LogP contribution in [-0.2, 0) is 17.8 Å². The van der Waals surface area contributed by atoms with Crippen molar-refractivity contribution in [2.75, 3.05) is 13.7 Å². The monoisotopic (exact) mass is 218 g/mol. The van der Waals surface area contributed by atoms with Gasteiger partial charge in [-0.05, 0) is 24.1 Å². The van der Waals surface area contributed by atoms with Crippen molar-refractivity contribution < 1.29 is 4.74 Å². The van der Waals surface area contributed by atoms with Gasteiger partial charge >= 0.3 is 0 Å². The first-order valence-corrected chi connectivity index (χ1v) is 5.62. The lowest BCUT2D eigenvalue weighted by molar-refractivity contribution is 0.190. The minimum absolute atomic E-state index is 0.597. The van der Waals surface area contributed by atoms with E-state index >= 15 is 0 Å². The molecule has 0 unspecified atom stereocenters. The fraction of sp³-hybridized carbons (Fsp3) is 0.385. The SMILES string of the molecule is COCCCn1ccc2c(CN)cccc21. The predicted molar refractivity (Wildman–Crippen MR) is 66.3 cm³/mol. The topological polar surface area (TPSA) is 40.2 Å². The zero-order chi connectivity index (χ0) is 11.4. The van der Waals surface area contributed by atoms with E-state index in [0.717, 1.165) is 19.6 Å². The van der Waals surface area contributed by atoms with Crippen molar-refractivity contribution in [2.24, 2.45) is 5.73 Å². The molecule has 0 fully saturated rings. The van der Waals surface area contributed by atoms with Crippen LogP contribution in [0, 0.1) is 0 Å². The van der Waals surface area contributed by atoms with Gasteiger partial charge in [-0.25, -0.2) is 0 Å². The Morgan fingerprint density at radius 3 is 2.94 bits per heavy atom. The summed E-state index contributed by atoms with van der Waals surface area (Å²) < 4.78 is 7.32. The molecule has 0 saturated carbocycles. The van der Waals surface area contributed by atoms with Crippen LogP contribution < -0.4 is 5.73 Å². The average molecular weight is 218 g/mol. The molecular formula is C13H18N2O. The van der Waals surface area contributed by atoms with E-state index < -0.39 is 0 Å². The predicted octanol–water partition coefficient (Wildman–Crippen LogP) is 2.14. The molecule has 3 nitrogen and oxygen atoms in total. The van der Waals surface area contributed by atoms with Crippen LogP contribution >= 0.6 is 0 Å². The lowest BCUT2D eigenvalue weighted by Crippen LogP contribution is -2.00. The van der Waals surface area contributed by atoms with Crippen LogP contribution in [0.4, 0.5) is 0 Å². The molecule has 1 heterocycles. The van der Waals surface area contributed by atoms with E-state index in [2.05, 4.69) is 35.0 Å². The maximum Gasteiger partial charge on any atom is 0.0483 e. The third-order valence-corrected chi connectivity index (χ3v) is 2.87. The zero-order valence-corrected chi connectivity index (χ0v) is 9.65. The summed E-state index contributed by atoms with van der Waals surface area (Å²) in [4.78, 5) is 0. The molecule has 16 heavy (non-hydrogen) atoms. The highest BCUT2D eigenvalue weighted by Gasteiger charge is 2.03. The molecule has 0 aliphatic rings. The standard InChI is InChI=1S/C13H18N2O/c1-16-9-3-7-15-8-6-12-11(10-14)4-2-5-13(12)15/h2,4-6,8H,3,7,9-10,14H2,1H3. The van der Waals surface area contributed by atoms with Gasteiger partial charge in [0.15, 0.2) is 0 Å². The lowest BCUT2D eigenvalue weighted by Gasteiger charge is -2.06. The number of methoxy groups -OCH3 is 1. The Kier molecular flexibility index (Phi) is 3.59. The summed E-state index contributed by atoms with van der Waals surface area (Å²) in [6, 6.07) is 8.44. The number of hydrogen-bond acceptors (Lipinski definition) is 2. The summed E-state index contributed by atoms with van der Waals surface area (Å²) in [5.74, 6) is 0. The maximum atomic E-state index is 5.72. The van der Waals surface area contributed by atoms with Crippen molar-refractivity contribution in [3.8, 4) is 0 Å². The Balaban J connectivity index is 2.27. The number of nitrogens with zero attached hydrogens (tertiary/aromatic N) is 1. The third-order valence-electron chi connectivity index (χ3n) is 2.87. The van der Waals surface area contributed by atoms with Crippen molar-refractivity contribution >= 4 is 10.9 Å². The van der Waals surface area contributed by atoms with E-state index in [1.165, 1.54) is 16.5 Å². The van der Waals surface area contributed by atoms with Crippen molar-refractivity contribution in [1.29, 1.82) is 0 Å². The van der Waals surface area contributed by atoms with Crippen molar-refractivity contribution in [3.63, 3.8) is 0 Å². The first kappa shape index (κ1) is 11.2. The normalized spacial score (nSPS) is 11.1. The fourth-order valence-corrected chi connectivity index (χ4v) is 2.04. The third kappa shape index (κ3) is 2.10. The van der Waals surface area contributed by atoms with Crippen molar-refractivity contribution in [1.82, 2.24) is 4.57 Å². The second-order valence-corrected chi connectivity index (χ2v) is 3.91. The van der Waals surface area contributed by atoms with Crippen molar-refractivity contribution in [3.05, 3.63) is 36.0 Å². The zero-order valence-electron chi connectivity index (χ0n) is 9.65. The van der Waals surface area contributed by atoms with Gasteiger partial charge in [0.2, 0.25) is 0 Å². The first-order valence-electron chi connectivity index (χ1n) is 5.62. The summed E-state index contributed by atoms with van der Waals surface area (Å²) in [7, 11) is 1.74. The number of rotatable bonds is 5. The van der Waals surface area contributed by atoms with E-state index in [9.17, 15) is 0 Å².